The maximum absolute atomic E-state index is 4.25. The van der Waals surface area contributed by atoms with Crippen molar-refractivity contribution in [1.82, 2.24) is 14.8 Å². The lowest BCUT2D eigenvalue weighted by Crippen LogP contribution is -2.05. The summed E-state index contributed by atoms with van der Waals surface area (Å²) in [7, 11) is 1.91. The summed E-state index contributed by atoms with van der Waals surface area (Å²) >= 11 is 0. The zero-order chi connectivity index (χ0) is 10.5. The van der Waals surface area contributed by atoms with E-state index < -0.39 is 0 Å². The third-order valence-electron chi connectivity index (χ3n) is 2.14. The van der Waals surface area contributed by atoms with Gasteiger partial charge in [0.1, 0.15) is 0 Å². The standard InChI is InChI=1S/C11H14N4/c1-15-9-11(8-14-15)13-7-5-10-4-2-3-6-12-10/h2-4,6,8-9,13H,5,7H2,1H3. The Bertz CT molecular complexity index is 408. The number of nitrogens with zero attached hydrogens (tertiary/aromatic N) is 3. The second-order valence-corrected chi connectivity index (χ2v) is 3.40. The molecular weight excluding hydrogens is 188 g/mol. The number of hydrogen-bond donors (Lipinski definition) is 1. The van der Waals surface area contributed by atoms with E-state index in [-0.39, 0.29) is 0 Å². The number of aromatic nitrogens is 3. The summed E-state index contributed by atoms with van der Waals surface area (Å²) in [5.74, 6) is 0. The SMILES string of the molecule is Cn1cc(NCCc2ccccn2)cn1. The molecule has 0 aliphatic rings. The van der Waals surface area contributed by atoms with Crippen molar-refractivity contribution in [2.45, 2.75) is 6.42 Å². The Hall–Kier alpha value is -1.84. The molecule has 0 saturated heterocycles. The van der Waals surface area contributed by atoms with E-state index in [2.05, 4.69) is 15.4 Å². The smallest absolute Gasteiger partial charge is 0.0726 e. The van der Waals surface area contributed by atoms with Gasteiger partial charge in [-0.1, -0.05) is 6.07 Å². The molecule has 0 unspecified atom stereocenters. The van der Waals surface area contributed by atoms with Crippen LogP contribution in [0, 0.1) is 0 Å². The fourth-order valence-corrected chi connectivity index (χ4v) is 1.39. The molecule has 4 nitrogen and oxygen atoms in total. The number of hydrogen-bond acceptors (Lipinski definition) is 3. The van der Waals surface area contributed by atoms with Gasteiger partial charge in [0.05, 0.1) is 11.9 Å². The van der Waals surface area contributed by atoms with Gasteiger partial charge in [0.2, 0.25) is 0 Å². The number of anilines is 1. The Morgan fingerprint density at radius 3 is 3.00 bits per heavy atom. The lowest BCUT2D eigenvalue weighted by Gasteiger charge is -2.02. The Morgan fingerprint density at radius 1 is 1.40 bits per heavy atom. The molecule has 78 valence electrons. The quantitative estimate of drug-likeness (QED) is 0.816. The number of pyridine rings is 1. The molecule has 0 aliphatic carbocycles. The van der Waals surface area contributed by atoms with E-state index in [0.717, 1.165) is 24.3 Å². The van der Waals surface area contributed by atoms with Crippen molar-refractivity contribution in [2.75, 3.05) is 11.9 Å². The maximum atomic E-state index is 4.25. The van der Waals surface area contributed by atoms with Crippen molar-refractivity contribution in [3.8, 4) is 0 Å². The third-order valence-corrected chi connectivity index (χ3v) is 2.14. The minimum absolute atomic E-state index is 0.878. The van der Waals surface area contributed by atoms with Crippen LogP contribution in [0.2, 0.25) is 0 Å². The summed E-state index contributed by atoms with van der Waals surface area (Å²) < 4.78 is 1.78. The van der Waals surface area contributed by atoms with Gasteiger partial charge in [-0.15, -0.1) is 0 Å². The first-order valence-corrected chi connectivity index (χ1v) is 4.97. The molecule has 0 bridgehead atoms. The molecule has 1 N–H and O–H groups in total. The van der Waals surface area contributed by atoms with Gasteiger partial charge >= 0.3 is 0 Å². The molecule has 0 radical (unpaired) electrons. The van der Waals surface area contributed by atoms with E-state index in [4.69, 9.17) is 0 Å². The van der Waals surface area contributed by atoms with Crippen LogP contribution in [0.5, 0.6) is 0 Å². The van der Waals surface area contributed by atoms with Crippen LogP contribution in [0.4, 0.5) is 5.69 Å². The van der Waals surface area contributed by atoms with Crippen molar-refractivity contribution in [3.05, 3.63) is 42.5 Å². The number of aryl methyl sites for hydroxylation is 1. The van der Waals surface area contributed by atoms with E-state index in [1.165, 1.54) is 0 Å². The maximum Gasteiger partial charge on any atom is 0.0726 e. The fraction of sp³-hybridized carbons (Fsp3) is 0.273. The van der Waals surface area contributed by atoms with E-state index in [1.54, 1.807) is 4.68 Å². The second kappa shape index (κ2) is 4.59. The Labute approximate surface area is 89.0 Å². The summed E-state index contributed by atoms with van der Waals surface area (Å²) in [5.41, 5.74) is 2.15. The molecule has 2 aromatic rings. The average molecular weight is 202 g/mol. The molecule has 15 heavy (non-hydrogen) atoms. The van der Waals surface area contributed by atoms with Crippen molar-refractivity contribution in [2.24, 2.45) is 7.05 Å². The molecule has 0 aromatic carbocycles. The summed E-state index contributed by atoms with van der Waals surface area (Å²) in [6.07, 6.45) is 6.52. The molecule has 0 spiro atoms. The zero-order valence-electron chi connectivity index (χ0n) is 8.72. The molecular formula is C11H14N4. The minimum atomic E-state index is 0.878. The molecule has 0 fully saturated rings. The lowest BCUT2D eigenvalue weighted by molar-refractivity contribution is 0.768. The number of rotatable bonds is 4. The highest BCUT2D eigenvalue weighted by Gasteiger charge is 1.95. The summed E-state index contributed by atoms with van der Waals surface area (Å²) in [6.45, 7) is 0.878. The van der Waals surface area contributed by atoms with E-state index in [0.29, 0.717) is 0 Å². The van der Waals surface area contributed by atoms with Gasteiger partial charge in [0, 0.05) is 38.1 Å². The summed E-state index contributed by atoms with van der Waals surface area (Å²) in [5, 5.41) is 7.37. The monoisotopic (exact) mass is 202 g/mol. The summed E-state index contributed by atoms with van der Waals surface area (Å²) in [6, 6.07) is 5.97. The van der Waals surface area contributed by atoms with Crippen LogP contribution in [0.1, 0.15) is 5.69 Å². The normalized spacial score (nSPS) is 10.2. The number of nitrogens with one attached hydrogen (secondary N) is 1. The zero-order valence-corrected chi connectivity index (χ0v) is 8.72. The second-order valence-electron chi connectivity index (χ2n) is 3.40. The molecule has 2 aromatic heterocycles. The molecule has 0 atom stereocenters. The molecule has 2 heterocycles. The first kappa shape index (κ1) is 9.71. The fourth-order valence-electron chi connectivity index (χ4n) is 1.39. The predicted octanol–water partition coefficient (Wildman–Crippen LogP) is 1.47. The van der Waals surface area contributed by atoms with Gasteiger partial charge in [-0.05, 0) is 12.1 Å². The van der Waals surface area contributed by atoms with Crippen molar-refractivity contribution in [3.63, 3.8) is 0 Å². The molecule has 4 heteroatoms. The van der Waals surface area contributed by atoms with Crippen molar-refractivity contribution < 1.29 is 0 Å². The van der Waals surface area contributed by atoms with E-state index >= 15 is 0 Å². The van der Waals surface area contributed by atoms with Crippen LogP contribution in [0.3, 0.4) is 0 Å². The predicted molar refractivity (Wildman–Crippen MR) is 59.6 cm³/mol. The molecule has 0 amide bonds. The van der Waals surface area contributed by atoms with Gasteiger partial charge in [0.25, 0.3) is 0 Å². The van der Waals surface area contributed by atoms with E-state index in [1.807, 2.05) is 43.8 Å². The highest BCUT2D eigenvalue weighted by Crippen LogP contribution is 2.03. The largest absolute Gasteiger partial charge is 0.382 e. The van der Waals surface area contributed by atoms with Crippen LogP contribution in [-0.4, -0.2) is 21.3 Å². The minimum Gasteiger partial charge on any atom is -0.382 e. The van der Waals surface area contributed by atoms with Gasteiger partial charge in [-0.3, -0.25) is 9.67 Å². The van der Waals surface area contributed by atoms with Gasteiger partial charge in [-0.2, -0.15) is 5.10 Å². The first-order valence-electron chi connectivity index (χ1n) is 4.97. The Balaban J connectivity index is 1.80. The van der Waals surface area contributed by atoms with Crippen LogP contribution in [0.15, 0.2) is 36.8 Å². The lowest BCUT2D eigenvalue weighted by atomic mass is 10.3. The molecule has 2 rings (SSSR count). The van der Waals surface area contributed by atoms with Crippen LogP contribution < -0.4 is 5.32 Å². The van der Waals surface area contributed by atoms with Gasteiger partial charge < -0.3 is 5.32 Å². The molecule has 0 aliphatic heterocycles. The molecule has 0 saturated carbocycles. The van der Waals surface area contributed by atoms with Crippen molar-refractivity contribution >= 4 is 5.69 Å². The Morgan fingerprint density at radius 2 is 2.33 bits per heavy atom. The summed E-state index contributed by atoms with van der Waals surface area (Å²) in [4.78, 5) is 4.25. The first-order chi connectivity index (χ1) is 7.34. The van der Waals surface area contributed by atoms with Crippen molar-refractivity contribution in [1.29, 1.82) is 0 Å². The van der Waals surface area contributed by atoms with Gasteiger partial charge in [-0.25, -0.2) is 0 Å². The van der Waals surface area contributed by atoms with Gasteiger partial charge in [0.15, 0.2) is 0 Å². The Kier molecular flexibility index (Phi) is 2.97. The van der Waals surface area contributed by atoms with E-state index in [9.17, 15) is 0 Å². The third kappa shape index (κ3) is 2.80. The topological polar surface area (TPSA) is 42.7 Å². The van der Waals surface area contributed by atoms with Crippen LogP contribution in [-0.2, 0) is 13.5 Å². The van der Waals surface area contributed by atoms with Crippen LogP contribution in [0.25, 0.3) is 0 Å². The van der Waals surface area contributed by atoms with Crippen LogP contribution >= 0.6 is 0 Å². The highest BCUT2D eigenvalue weighted by atomic mass is 15.3. The highest BCUT2D eigenvalue weighted by molar-refractivity contribution is 5.37. The average Bonchev–Trinajstić information content (AvgIpc) is 2.66.